The number of aromatic nitrogens is 1. The zero-order valence-electron chi connectivity index (χ0n) is 20.5. The molecule has 1 aliphatic heterocycles. The number of ether oxygens (including phenoxy) is 1. The number of carbonyl (C=O) groups is 2. The van der Waals surface area contributed by atoms with Crippen molar-refractivity contribution in [2.75, 3.05) is 38.7 Å². The number of fused-ring (bicyclic) bond motifs is 1. The molecular formula is C28H30N4O4. The molecule has 5 rings (SSSR count). The average molecular weight is 487 g/mol. The number of hydrogen-bond acceptors (Lipinski definition) is 5. The molecule has 0 radical (unpaired) electrons. The summed E-state index contributed by atoms with van der Waals surface area (Å²) in [4.78, 5) is 32.8. The van der Waals surface area contributed by atoms with Crippen LogP contribution in [0, 0.1) is 0 Å². The largest absolute Gasteiger partial charge is 0.466 e. The minimum Gasteiger partial charge on any atom is -0.466 e. The Balaban J connectivity index is 1.57. The van der Waals surface area contributed by atoms with Crippen LogP contribution >= 0.6 is 0 Å². The van der Waals surface area contributed by atoms with Crippen molar-refractivity contribution in [1.29, 1.82) is 0 Å². The minimum absolute atomic E-state index is 0.0418. The number of benzene rings is 2. The number of pyridine rings is 1. The highest BCUT2D eigenvalue weighted by molar-refractivity contribution is 5.99. The lowest BCUT2D eigenvalue weighted by molar-refractivity contribution is -0.121. The number of anilines is 1. The van der Waals surface area contributed by atoms with Crippen molar-refractivity contribution in [2.45, 2.75) is 24.8 Å². The van der Waals surface area contributed by atoms with E-state index in [1.165, 1.54) is 0 Å². The SMILES string of the molecule is CN(C)CCN1C(=O)COc2nc(-c3ccc(C4(NC(=O)O)CCC4)cc3)c(-c3ccccc3)cc21. The molecule has 8 heteroatoms. The van der Waals surface area contributed by atoms with Crippen LogP contribution in [0.25, 0.3) is 22.4 Å². The lowest BCUT2D eigenvalue weighted by Gasteiger charge is -2.42. The molecular weight excluding hydrogens is 456 g/mol. The summed E-state index contributed by atoms with van der Waals surface area (Å²) in [6, 6.07) is 19.9. The molecule has 0 unspecified atom stereocenters. The van der Waals surface area contributed by atoms with Crippen LogP contribution in [0.1, 0.15) is 24.8 Å². The number of rotatable bonds is 7. The van der Waals surface area contributed by atoms with E-state index in [0.717, 1.165) is 53.8 Å². The maximum atomic E-state index is 12.7. The van der Waals surface area contributed by atoms with Crippen LogP contribution in [0.4, 0.5) is 10.5 Å². The Labute approximate surface area is 210 Å². The van der Waals surface area contributed by atoms with E-state index in [0.29, 0.717) is 18.1 Å². The normalized spacial score (nSPS) is 16.2. The van der Waals surface area contributed by atoms with Gasteiger partial charge in [0.1, 0.15) is 5.69 Å². The summed E-state index contributed by atoms with van der Waals surface area (Å²) in [5.74, 6) is 0.356. The minimum atomic E-state index is -1.01. The first-order chi connectivity index (χ1) is 17.4. The van der Waals surface area contributed by atoms with Gasteiger partial charge in [0.05, 0.1) is 11.2 Å². The first-order valence-corrected chi connectivity index (χ1v) is 12.2. The van der Waals surface area contributed by atoms with Gasteiger partial charge in [-0.2, -0.15) is 0 Å². The number of amides is 2. The Morgan fingerprint density at radius 2 is 1.83 bits per heavy atom. The van der Waals surface area contributed by atoms with E-state index < -0.39 is 11.6 Å². The van der Waals surface area contributed by atoms with E-state index in [9.17, 15) is 14.7 Å². The summed E-state index contributed by atoms with van der Waals surface area (Å²) in [6.07, 6.45) is 1.56. The maximum Gasteiger partial charge on any atom is 0.405 e. The summed E-state index contributed by atoms with van der Waals surface area (Å²) in [5, 5.41) is 12.0. The monoisotopic (exact) mass is 486 g/mol. The second-order valence-corrected chi connectivity index (χ2v) is 9.66. The van der Waals surface area contributed by atoms with Crippen molar-refractivity contribution < 1.29 is 19.4 Å². The van der Waals surface area contributed by atoms with Gasteiger partial charge in [0, 0.05) is 24.2 Å². The summed E-state index contributed by atoms with van der Waals surface area (Å²) < 4.78 is 5.78. The molecule has 1 fully saturated rings. The lowest BCUT2D eigenvalue weighted by atomic mass is 9.71. The van der Waals surface area contributed by atoms with E-state index >= 15 is 0 Å². The molecule has 2 heterocycles. The smallest absolute Gasteiger partial charge is 0.405 e. The predicted octanol–water partition coefficient (Wildman–Crippen LogP) is 4.35. The van der Waals surface area contributed by atoms with Crippen LogP contribution in [0.3, 0.4) is 0 Å². The Hall–Kier alpha value is -3.91. The number of carbonyl (C=O) groups excluding carboxylic acids is 1. The molecule has 2 N–H and O–H groups in total. The molecule has 0 saturated heterocycles. The second-order valence-electron chi connectivity index (χ2n) is 9.66. The van der Waals surface area contributed by atoms with Crippen LogP contribution in [0.15, 0.2) is 60.7 Å². The van der Waals surface area contributed by atoms with Gasteiger partial charge in [-0.3, -0.25) is 4.79 Å². The van der Waals surface area contributed by atoms with Gasteiger partial charge in [-0.05, 0) is 50.6 Å². The summed E-state index contributed by atoms with van der Waals surface area (Å²) >= 11 is 0. The molecule has 8 nitrogen and oxygen atoms in total. The quantitative estimate of drug-likeness (QED) is 0.516. The van der Waals surface area contributed by atoms with Gasteiger partial charge in [0.2, 0.25) is 5.88 Å². The summed E-state index contributed by atoms with van der Waals surface area (Å²) in [7, 11) is 3.96. The third-order valence-corrected chi connectivity index (χ3v) is 7.01. The van der Waals surface area contributed by atoms with Crippen molar-refractivity contribution in [3.05, 3.63) is 66.2 Å². The second kappa shape index (κ2) is 9.62. The molecule has 0 spiro atoms. The fraction of sp³-hybridized carbons (Fsp3) is 0.321. The molecule has 3 aromatic rings. The van der Waals surface area contributed by atoms with E-state index in [4.69, 9.17) is 9.72 Å². The van der Waals surface area contributed by atoms with Gasteiger partial charge in [-0.1, -0.05) is 54.6 Å². The van der Waals surface area contributed by atoms with E-state index in [1.54, 1.807) is 4.90 Å². The lowest BCUT2D eigenvalue weighted by Crippen LogP contribution is -2.50. The zero-order chi connectivity index (χ0) is 25.3. The Morgan fingerprint density at radius 1 is 1.11 bits per heavy atom. The highest BCUT2D eigenvalue weighted by atomic mass is 16.5. The topological polar surface area (TPSA) is 95.0 Å². The molecule has 186 valence electrons. The van der Waals surface area contributed by atoms with Gasteiger partial charge in [0.25, 0.3) is 5.91 Å². The van der Waals surface area contributed by atoms with E-state index in [-0.39, 0.29) is 12.5 Å². The molecule has 36 heavy (non-hydrogen) atoms. The standard InChI is InChI=1S/C28H30N4O4/c1-31(2)15-16-32-23-17-22(19-7-4-3-5-8-19)25(29-26(23)36-18-24(32)33)20-9-11-21(12-10-20)28(13-6-14-28)30-27(34)35/h3-5,7-12,17,30H,6,13-16,18H2,1-2H3,(H,34,35). The van der Waals surface area contributed by atoms with Crippen LogP contribution in [0.5, 0.6) is 5.88 Å². The van der Waals surface area contributed by atoms with Gasteiger partial charge >= 0.3 is 6.09 Å². The Bertz CT molecular complexity index is 1270. The third kappa shape index (κ3) is 4.52. The molecule has 1 saturated carbocycles. The van der Waals surface area contributed by atoms with Crippen LogP contribution < -0.4 is 15.0 Å². The fourth-order valence-electron chi connectivity index (χ4n) is 4.90. The van der Waals surface area contributed by atoms with Gasteiger partial charge in [0.15, 0.2) is 6.61 Å². The van der Waals surface area contributed by atoms with Crippen molar-refractivity contribution in [3.63, 3.8) is 0 Å². The number of nitrogens with zero attached hydrogens (tertiary/aromatic N) is 3. The first-order valence-electron chi connectivity index (χ1n) is 12.2. The summed E-state index contributed by atoms with van der Waals surface area (Å²) in [6.45, 7) is 1.23. The van der Waals surface area contributed by atoms with Crippen molar-refractivity contribution in [3.8, 4) is 28.3 Å². The maximum absolute atomic E-state index is 12.7. The van der Waals surface area contributed by atoms with Crippen molar-refractivity contribution >= 4 is 17.7 Å². The Kier molecular flexibility index (Phi) is 6.36. The number of carboxylic acid groups (broad SMARTS) is 1. The molecule has 2 aromatic carbocycles. The zero-order valence-corrected chi connectivity index (χ0v) is 20.5. The van der Waals surface area contributed by atoms with Crippen LogP contribution in [-0.2, 0) is 10.3 Å². The molecule has 2 aliphatic rings. The highest BCUT2D eigenvalue weighted by Gasteiger charge is 2.40. The van der Waals surface area contributed by atoms with E-state index in [2.05, 4.69) is 5.32 Å². The Morgan fingerprint density at radius 3 is 2.44 bits per heavy atom. The van der Waals surface area contributed by atoms with Crippen LogP contribution in [0.2, 0.25) is 0 Å². The first kappa shape index (κ1) is 23.8. The van der Waals surface area contributed by atoms with E-state index in [1.807, 2.05) is 79.7 Å². The average Bonchev–Trinajstić information content (AvgIpc) is 2.85. The molecule has 0 atom stereocenters. The van der Waals surface area contributed by atoms with Crippen LogP contribution in [-0.4, -0.2) is 60.8 Å². The predicted molar refractivity (Wildman–Crippen MR) is 138 cm³/mol. The third-order valence-electron chi connectivity index (χ3n) is 7.01. The van der Waals surface area contributed by atoms with Crippen molar-refractivity contribution in [2.24, 2.45) is 0 Å². The van der Waals surface area contributed by atoms with Crippen molar-refractivity contribution in [1.82, 2.24) is 15.2 Å². The molecule has 1 aromatic heterocycles. The number of likely N-dealkylation sites (N-methyl/N-ethyl adjacent to an activating group) is 1. The number of hydrogen-bond donors (Lipinski definition) is 2. The summed E-state index contributed by atoms with van der Waals surface area (Å²) in [5.41, 5.74) is 4.64. The van der Waals surface area contributed by atoms with Gasteiger partial charge in [-0.25, -0.2) is 9.78 Å². The molecule has 0 bridgehead atoms. The molecule has 2 amide bonds. The molecule has 1 aliphatic carbocycles. The van der Waals surface area contributed by atoms with Gasteiger partial charge in [-0.15, -0.1) is 0 Å². The number of nitrogens with one attached hydrogen (secondary N) is 1. The fourth-order valence-corrected chi connectivity index (χ4v) is 4.90. The van der Waals surface area contributed by atoms with Gasteiger partial charge < -0.3 is 25.0 Å². The highest BCUT2D eigenvalue weighted by Crippen LogP contribution is 2.43.